The third-order valence-electron chi connectivity index (χ3n) is 3.01. The second-order valence-electron chi connectivity index (χ2n) is 4.60. The SMILES string of the molecule is Cc1cccc(C)c1OCc1ncc(C(=O)O)c(C)n1. The maximum absolute atomic E-state index is 10.9. The standard InChI is InChI=1S/C15H16N2O3/c1-9-5-4-6-10(2)14(9)20-8-13-16-7-12(15(18)19)11(3)17-13/h4-7H,8H2,1-3H3,(H,18,19). The number of aromatic carboxylic acids is 1. The van der Waals surface area contributed by atoms with Crippen LogP contribution in [0.1, 0.15) is 33.0 Å². The van der Waals surface area contributed by atoms with Crippen LogP contribution in [0.4, 0.5) is 0 Å². The molecule has 1 aromatic heterocycles. The molecule has 0 fully saturated rings. The average Bonchev–Trinajstić information content (AvgIpc) is 2.37. The van der Waals surface area contributed by atoms with Crippen LogP contribution in [0, 0.1) is 20.8 Å². The van der Waals surface area contributed by atoms with Crippen LogP contribution in [0.3, 0.4) is 0 Å². The van der Waals surface area contributed by atoms with Gasteiger partial charge in [0, 0.05) is 6.20 Å². The van der Waals surface area contributed by atoms with E-state index in [-0.39, 0.29) is 12.2 Å². The van der Waals surface area contributed by atoms with Crippen LogP contribution in [0.25, 0.3) is 0 Å². The van der Waals surface area contributed by atoms with Crippen molar-refractivity contribution >= 4 is 5.97 Å². The fraction of sp³-hybridized carbons (Fsp3) is 0.267. The highest BCUT2D eigenvalue weighted by Gasteiger charge is 2.11. The predicted molar refractivity (Wildman–Crippen MR) is 74.0 cm³/mol. The van der Waals surface area contributed by atoms with Crippen molar-refractivity contribution in [3.8, 4) is 5.75 Å². The number of benzene rings is 1. The molecular formula is C15H16N2O3. The van der Waals surface area contributed by atoms with Crippen molar-refractivity contribution in [2.24, 2.45) is 0 Å². The first-order chi connectivity index (χ1) is 9.49. The van der Waals surface area contributed by atoms with E-state index in [1.165, 1.54) is 6.20 Å². The third kappa shape index (κ3) is 2.93. The second-order valence-corrected chi connectivity index (χ2v) is 4.60. The molecule has 0 bridgehead atoms. The number of para-hydroxylation sites is 1. The molecule has 0 aliphatic heterocycles. The van der Waals surface area contributed by atoms with Gasteiger partial charge in [0.05, 0.1) is 11.3 Å². The predicted octanol–water partition coefficient (Wildman–Crippen LogP) is 2.68. The van der Waals surface area contributed by atoms with Crippen molar-refractivity contribution in [3.05, 3.63) is 52.6 Å². The minimum absolute atomic E-state index is 0.112. The van der Waals surface area contributed by atoms with Gasteiger partial charge < -0.3 is 9.84 Å². The van der Waals surface area contributed by atoms with Gasteiger partial charge in [-0.05, 0) is 31.9 Å². The molecule has 0 aliphatic rings. The topological polar surface area (TPSA) is 72.3 Å². The van der Waals surface area contributed by atoms with E-state index in [0.717, 1.165) is 16.9 Å². The molecule has 0 unspecified atom stereocenters. The quantitative estimate of drug-likeness (QED) is 0.926. The number of carboxylic acid groups (broad SMARTS) is 1. The summed E-state index contributed by atoms with van der Waals surface area (Å²) in [5, 5.41) is 8.93. The Hall–Kier alpha value is -2.43. The molecule has 5 nitrogen and oxygen atoms in total. The summed E-state index contributed by atoms with van der Waals surface area (Å²) < 4.78 is 5.74. The summed E-state index contributed by atoms with van der Waals surface area (Å²) in [6.07, 6.45) is 1.31. The second kappa shape index (κ2) is 5.69. The number of hydrogen-bond donors (Lipinski definition) is 1. The lowest BCUT2D eigenvalue weighted by molar-refractivity contribution is 0.0695. The number of hydrogen-bond acceptors (Lipinski definition) is 4. The van der Waals surface area contributed by atoms with Crippen molar-refractivity contribution in [1.82, 2.24) is 9.97 Å². The average molecular weight is 272 g/mol. The van der Waals surface area contributed by atoms with E-state index in [0.29, 0.717) is 11.5 Å². The van der Waals surface area contributed by atoms with E-state index >= 15 is 0 Å². The summed E-state index contributed by atoms with van der Waals surface area (Å²) >= 11 is 0. The number of carboxylic acids is 1. The maximum atomic E-state index is 10.9. The van der Waals surface area contributed by atoms with Gasteiger partial charge in [0.15, 0.2) is 5.82 Å². The van der Waals surface area contributed by atoms with Crippen LogP contribution in [0.5, 0.6) is 5.75 Å². The molecule has 2 aromatic rings. The molecular weight excluding hydrogens is 256 g/mol. The van der Waals surface area contributed by atoms with Gasteiger partial charge in [-0.1, -0.05) is 18.2 Å². The van der Waals surface area contributed by atoms with Gasteiger partial charge in [-0.3, -0.25) is 0 Å². The highest BCUT2D eigenvalue weighted by Crippen LogP contribution is 2.23. The molecule has 20 heavy (non-hydrogen) atoms. The molecule has 1 N–H and O–H groups in total. The number of carbonyl (C=O) groups is 1. The first-order valence-electron chi connectivity index (χ1n) is 6.24. The minimum atomic E-state index is -1.02. The van der Waals surface area contributed by atoms with Crippen LogP contribution in [0.15, 0.2) is 24.4 Å². The van der Waals surface area contributed by atoms with Gasteiger partial charge in [0.1, 0.15) is 12.4 Å². The van der Waals surface area contributed by atoms with E-state index in [9.17, 15) is 4.79 Å². The highest BCUT2D eigenvalue weighted by atomic mass is 16.5. The summed E-state index contributed by atoms with van der Waals surface area (Å²) in [4.78, 5) is 19.1. The molecule has 0 saturated carbocycles. The molecule has 0 amide bonds. The lowest BCUT2D eigenvalue weighted by Crippen LogP contribution is -2.09. The van der Waals surface area contributed by atoms with Crippen molar-refractivity contribution in [2.75, 3.05) is 0 Å². The first kappa shape index (κ1) is 14.0. The molecule has 0 saturated heterocycles. The van der Waals surface area contributed by atoms with Crippen molar-refractivity contribution < 1.29 is 14.6 Å². The molecule has 1 aromatic carbocycles. The van der Waals surface area contributed by atoms with Gasteiger partial charge in [-0.15, -0.1) is 0 Å². The lowest BCUT2D eigenvalue weighted by Gasteiger charge is -2.11. The van der Waals surface area contributed by atoms with Gasteiger partial charge in [0.25, 0.3) is 0 Å². The van der Waals surface area contributed by atoms with E-state index in [1.807, 2.05) is 32.0 Å². The summed E-state index contributed by atoms with van der Waals surface area (Å²) in [7, 11) is 0. The van der Waals surface area contributed by atoms with Gasteiger partial charge in [-0.2, -0.15) is 0 Å². The molecule has 2 rings (SSSR count). The number of aromatic nitrogens is 2. The Balaban J connectivity index is 2.16. The smallest absolute Gasteiger partial charge is 0.339 e. The Morgan fingerprint density at radius 2 is 1.90 bits per heavy atom. The zero-order valence-electron chi connectivity index (χ0n) is 11.7. The monoisotopic (exact) mass is 272 g/mol. The zero-order chi connectivity index (χ0) is 14.7. The molecule has 104 valence electrons. The Kier molecular flexibility index (Phi) is 3.98. The third-order valence-corrected chi connectivity index (χ3v) is 3.01. The Labute approximate surface area is 117 Å². The Morgan fingerprint density at radius 3 is 2.45 bits per heavy atom. The van der Waals surface area contributed by atoms with Gasteiger partial charge >= 0.3 is 5.97 Å². The van der Waals surface area contributed by atoms with Crippen LogP contribution in [0.2, 0.25) is 0 Å². The highest BCUT2D eigenvalue weighted by molar-refractivity contribution is 5.88. The van der Waals surface area contributed by atoms with Crippen LogP contribution >= 0.6 is 0 Å². The molecule has 0 aliphatic carbocycles. The summed E-state index contributed by atoms with van der Waals surface area (Å²) in [5.74, 6) is 0.260. The number of rotatable bonds is 4. The summed E-state index contributed by atoms with van der Waals surface area (Å²) in [5.41, 5.74) is 2.64. The fourth-order valence-electron chi connectivity index (χ4n) is 1.96. The van der Waals surface area contributed by atoms with Crippen LogP contribution < -0.4 is 4.74 Å². The van der Waals surface area contributed by atoms with E-state index in [1.54, 1.807) is 6.92 Å². The van der Waals surface area contributed by atoms with Gasteiger partial charge in [-0.25, -0.2) is 14.8 Å². The van der Waals surface area contributed by atoms with Gasteiger partial charge in [0.2, 0.25) is 0 Å². The fourth-order valence-corrected chi connectivity index (χ4v) is 1.96. The molecule has 5 heteroatoms. The van der Waals surface area contributed by atoms with E-state index in [4.69, 9.17) is 9.84 Å². The molecule has 0 spiro atoms. The first-order valence-corrected chi connectivity index (χ1v) is 6.24. The molecule has 0 atom stereocenters. The minimum Gasteiger partial charge on any atom is -0.485 e. The normalized spacial score (nSPS) is 10.3. The maximum Gasteiger partial charge on any atom is 0.339 e. The summed E-state index contributed by atoms with van der Waals surface area (Å²) in [6.45, 7) is 5.81. The largest absolute Gasteiger partial charge is 0.485 e. The molecule has 0 radical (unpaired) electrons. The van der Waals surface area contributed by atoms with Crippen molar-refractivity contribution in [3.63, 3.8) is 0 Å². The van der Waals surface area contributed by atoms with Crippen LogP contribution in [-0.4, -0.2) is 21.0 Å². The Bertz CT molecular complexity index is 633. The zero-order valence-corrected chi connectivity index (χ0v) is 11.7. The lowest BCUT2D eigenvalue weighted by atomic mass is 10.1. The number of nitrogens with zero attached hydrogens (tertiary/aromatic N) is 2. The molecule has 1 heterocycles. The van der Waals surface area contributed by atoms with E-state index < -0.39 is 5.97 Å². The van der Waals surface area contributed by atoms with Crippen molar-refractivity contribution in [2.45, 2.75) is 27.4 Å². The number of ether oxygens (including phenoxy) is 1. The number of aryl methyl sites for hydroxylation is 3. The summed E-state index contributed by atoms with van der Waals surface area (Å²) in [6, 6.07) is 5.92. The van der Waals surface area contributed by atoms with E-state index in [2.05, 4.69) is 9.97 Å². The van der Waals surface area contributed by atoms with Crippen LogP contribution in [-0.2, 0) is 6.61 Å². The Morgan fingerprint density at radius 1 is 1.25 bits per heavy atom. The van der Waals surface area contributed by atoms with Crippen molar-refractivity contribution in [1.29, 1.82) is 0 Å².